The molecular formula is C26H26F3N5O2. The molecule has 36 heavy (non-hydrogen) atoms. The van der Waals surface area contributed by atoms with Gasteiger partial charge in [0.1, 0.15) is 0 Å². The number of hydrogen-bond donors (Lipinski definition) is 1. The van der Waals surface area contributed by atoms with Crippen molar-refractivity contribution < 1.29 is 22.8 Å². The summed E-state index contributed by atoms with van der Waals surface area (Å²) >= 11 is 0. The standard InChI is InChI=1S/C26H26F3N5O2/c27-26(28,29)22(20-5-2-1-3-6-20)18-23(35)32-21-9-7-19(8-10-21)17-24(36)33-13-15-34(16-14-33)25-30-11-4-12-31-25/h1-12,22H,13-18H2,(H,32,35). The number of nitrogens with zero attached hydrogens (tertiary/aromatic N) is 4. The number of carbonyl (C=O) groups excluding carboxylic acids is 2. The Bertz CT molecular complexity index is 1150. The molecule has 0 saturated carbocycles. The van der Waals surface area contributed by atoms with Crippen molar-refractivity contribution in [2.45, 2.75) is 24.9 Å². The maximum Gasteiger partial charge on any atom is 0.396 e. The van der Waals surface area contributed by atoms with E-state index < -0.39 is 24.4 Å². The number of halogens is 3. The molecule has 3 aromatic rings. The van der Waals surface area contributed by atoms with Crippen molar-refractivity contribution in [3.63, 3.8) is 0 Å². The van der Waals surface area contributed by atoms with Gasteiger partial charge in [-0.05, 0) is 29.3 Å². The Hall–Kier alpha value is -3.95. The molecule has 2 aromatic carbocycles. The maximum atomic E-state index is 13.5. The smallest absolute Gasteiger partial charge is 0.339 e. The van der Waals surface area contributed by atoms with E-state index in [4.69, 9.17) is 0 Å². The lowest BCUT2D eigenvalue weighted by molar-refractivity contribution is -0.155. The second kappa shape index (κ2) is 11.2. The van der Waals surface area contributed by atoms with E-state index in [2.05, 4.69) is 15.3 Å². The number of carbonyl (C=O) groups is 2. The SMILES string of the molecule is O=C(CC(c1ccccc1)C(F)(F)F)Nc1ccc(CC(=O)N2CCN(c3ncccn3)CC2)cc1. The topological polar surface area (TPSA) is 78.4 Å². The van der Waals surface area contributed by atoms with Gasteiger partial charge in [0.15, 0.2) is 0 Å². The average Bonchev–Trinajstić information content (AvgIpc) is 2.89. The van der Waals surface area contributed by atoms with Gasteiger partial charge in [0.25, 0.3) is 0 Å². The Morgan fingerprint density at radius 2 is 1.53 bits per heavy atom. The second-order valence-electron chi connectivity index (χ2n) is 8.55. The van der Waals surface area contributed by atoms with Crippen LogP contribution in [0, 0.1) is 0 Å². The molecule has 1 aliphatic rings. The first kappa shape index (κ1) is 25.2. The van der Waals surface area contributed by atoms with E-state index in [-0.39, 0.29) is 17.9 Å². The minimum absolute atomic E-state index is 0.0173. The molecule has 0 radical (unpaired) electrons. The molecule has 1 saturated heterocycles. The summed E-state index contributed by atoms with van der Waals surface area (Å²) in [5, 5.41) is 2.53. The Kier molecular flexibility index (Phi) is 7.82. The number of aromatic nitrogens is 2. The maximum absolute atomic E-state index is 13.5. The predicted molar refractivity (Wildman–Crippen MR) is 129 cm³/mol. The summed E-state index contributed by atoms with van der Waals surface area (Å²) in [5.74, 6) is -1.99. The Labute approximate surface area is 207 Å². The van der Waals surface area contributed by atoms with Crippen molar-refractivity contribution in [2.75, 3.05) is 36.4 Å². The predicted octanol–water partition coefficient (Wildman–Crippen LogP) is 4.04. The van der Waals surface area contributed by atoms with Crippen LogP contribution in [0.3, 0.4) is 0 Å². The van der Waals surface area contributed by atoms with Crippen LogP contribution >= 0.6 is 0 Å². The fourth-order valence-electron chi connectivity index (χ4n) is 4.11. The second-order valence-corrected chi connectivity index (χ2v) is 8.55. The molecular weight excluding hydrogens is 471 g/mol. The Morgan fingerprint density at radius 3 is 2.14 bits per heavy atom. The number of alkyl halides is 3. The fraction of sp³-hybridized carbons (Fsp3) is 0.308. The number of nitrogens with one attached hydrogen (secondary N) is 1. The van der Waals surface area contributed by atoms with Gasteiger partial charge < -0.3 is 15.1 Å². The largest absolute Gasteiger partial charge is 0.396 e. The quantitative estimate of drug-likeness (QED) is 0.533. The van der Waals surface area contributed by atoms with E-state index in [1.54, 1.807) is 53.7 Å². The van der Waals surface area contributed by atoms with Gasteiger partial charge >= 0.3 is 6.18 Å². The first-order chi connectivity index (χ1) is 17.3. The fourth-order valence-corrected chi connectivity index (χ4v) is 4.11. The average molecular weight is 498 g/mol. The van der Waals surface area contributed by atoms with Crippen LogP contribution in [0.1, 0.15) is 23.5 Å². The molecule has 0 bridgehead atoms. The summed E-state index contributed by atoms with van der Waals surface area (Å²) in [4.78, 5) is 37.4. The molecule has 1 N–H and O–H groups in total. The molecule has 4 rings (SSSR count). The number of benzene rings is 2. The molecule has 1 aliphatic heterocycles. The number of anilines is 2. The third kappa shape index (κ3) is 6.59. The van der Waals surface area contributed by atoms with Crippen LogP contribution in [0.4, 0.5) is 24.8 Å². The summed E-state index contributed by atoms with van der Waals surface area (Å²) in [6, 6.07) is 15.7. The summed E-state index contributed by atoms with van der Waals surface area (Å²) in [6.07, 6.45) is -1.69. The molecule has 188 valence electrons. The third-order valence-corrected chi connectivity index (χ3v) is 6.05. The van der Waals surface area contributed by atoms with Gasteiger partial charge in [0.05, 0.1) is 12.3 Å². The van der Waals surface area contributed by atoms with Gasteiger partial charge in [-0.2, -0.15) is 13.2 Å². The molecule has 10 heteroatoms. The lowest BCUT2D eigenvalue weighted by Crippen LogP contribution is -2.49. The lowest BCUT2D eigenvalue weighted by Gasteiger charge is -2.34. The molecule has 0 aliphatic carbocycles. The van der Waals surface area contributed by atoms with Gasteiger partial charge in [-0.1, -0.05) is 42.5 Å². The van der Waals surface area contributed by atoms with E-state index in [9.17, 15) is 22.8 Å². The van der Waals surface area contributed by atoms with Crippen LogP contribution in [0.5, 0.6) is 0 Å². The lowest BCUT2D eigenvalue weighted by atomic mass is 9.94. The first-order valence-corrected chi connectivity index (χ1v) is 11.6. The molecule has 2 heterocycles. The van der Waals surface area contributed by atoms with Crippen molar-refractivity contribution in [3.8, 4) is 0 Å². The van der Waals surface area contributed by atoms with Crippen LogP contribution in [-0.2, 0) is 16.0 Å². The zero-order valence-electron chi connectivity index (χ0n) is 19.5. The van der Waals surface area contributed by atoms with Crippen molar-refractivity contribution >= 4 is 23.5 Å². The molecule has 0 spiro atoms. The van der Waals surface area contributed by atoms with E-state index >= 15 is 0 Å². The minimum atomic E-state index is -4.54. The monoisotopic (exact) mass is 497 g/mol. The van der Waals surface area contributed by atoms with E-state index in [0.717, 1.165) is 5.56 Å². The number of piperazine rings is 1. The number of rotatable bonds is 7. The van der Waals surface area contributed by atoms with E-state index in [1.807, 2.05) is 4.90 Å². The summed E-state index contributed by atoms with van der Waals surface area (Å²) in [5.41, 5.74) is 1.18. The van der Waals surface area contributed by atoms with Crippen LogP contribution < -0.4 is 10.2 Å². The van der Waals surface area contributed by atoms with Crippen molar-refractivity contribution in [3.05, 3.63) is 84.2 Å². The zero-order valence-corrected chi connectivity index (χ0v) is 19.5. The highest BCUT2D eigenvalue weighted by Gasteiger charge is 2.41. The van der Waals surface area contributed by atoms with Crippen molar-refractivity contribution in [1.82, 2.24) is 14.9 Å². The Balaban J connectivity index is 1.28. The minimum Gasteiger partial charge on any atom is -0.339 e. The highest BCUT2D eigenvalue weighted by Crippen LogP contribution is 2.37. The van der Waals surface area contributed by atoms with Crippen LogP contribution in [0.2, 0.25) is 0 Å². The molecule has 1 unspecified atom stereocenters. The van der Waals surface area contributed by atoms with Gasteiger partial charge in [-0.25, -0.2) is 9.97 Å². The van der Waals surface area contributed by atoms with E-state index in [0.29, 0.717) is 37.8 Å². The Morgan fingerprint density at radius 1 is 0.889 bits per heavy atom. The normalized spacial score (nSPS) is 14.9. The van der Waals surface area contributed by atoms with Crippen molar-refractivity contribution in [1.29, 1.82) is 0 Å². The molecule has 1 aromatic heterocycles. The highest BCUT2D eigenvalue weighted by atomic mass is 19.4. The summed E-state index contributed by atoms with van der Waals surface area (Å²) in [7, 11) is 0. The summed E-state index contributed by atoms with van der Waals surface area (Å²) in [6.45, 7) is 2.41. The van der Waals surface area contributed by atoms with Crippen LogP contribution in [0.15, 0.2) is 73.1 Å². The molecule has 1 atom stereocenters. The zero-order chi connectivity index (χ0) is 25.5. The number of amides is 2. The van der Waals surface area contributed by atoms with Crippen molar-refractivity contribution in [2.24, 2.45) is 0 Å². The molecule has 7 nitrogen and oxygen atoms in total. The third-order valence-electron chi connectivity index (χ3n) is 6.05. The van der Waals surface area contributed by atoms with E-state index in [1.165, 1.54) is 24.3 Å². The van der Waals surface area contributed by atoms with Gasteiger partial charge in [0.2, 0.25) is 17.8 Å². The van der Waals surface area contributed by atoms with Crippen LogP contribution in [-0.4, -0.2) is 59.0 Å². The first-order valence-electron chi connectivity index (χ1n) is 11.6. The molecule has 2 amide bonds. The summed E-state index contributed by atoms with van der Waals surface area (Å²) < 4.78 is 40.5. The number of hydrogen-bond acceptors (Lipinski definition) is 5. The molecule has 1 fully saturated rings. The van der Waals surface area contributed by atoms with Gasteiger partial charge in [-0.15, -0.1) is 0 Å². The highest BCUT2D eigenvalue weighted by molar-refractivity contribution is 5.91. The van der Waals surface area contributed by atoms with Crippen LogP contribution in [0.25, 0.3) is 0 Å². The van der Waals surface area contributed by atoms with Gasteiger partial charge in [-0.3, -0.25) is 9.59 Å². The van der Waals surface area contributed by atoms with Gasteiger partial charge in [0, 0.05) is 50.7 Å².